The van der Waals surface area contributed by atoms with E-state index in [0.717, 1.165) is 12.8 Å². The highest BCUT2D eigenvalue weighted by Crippen LogP contribution is 2.34. The summed E-state index contributed by atoms with van der Waals surface area (Å²) in [5.74, 6) is 0.0656. The first-order chi connectivity index (χ1) is 10.1. The normalized spacial score (nSPS) is 26.6. The summed E-state index contributed by atoms with van der Waals surface area (Å²) in [7, 11) is 0. The number of amides is 2. The van der Waals surface area contributed by atoms with Gasteiger partial charge in [0.1, 0.15) is 5.75 Å². The Balaban J connectivity index is 1.60. The second-order valence-corrected chi connectivity index (χ2v) is 5.66. The van der Waals surface area contributed by atoms with Gasteiger partial charge in [0.15, 0.2) is 6.61 Å². The summed E-state index contributed by atoms with van der Waals surface area (Å²) in [5, 5.41) is 6.37. The van der Waals surface area contributed by atoms with Gasteiger partial charge in [-0.15, -0.1) is 0 Å². The molecule has 3 unspecified atom stereocenters. The summed E-state index contributed by atoms with van der Waals surface area (Å²) in [6.07, 6.45) is 3.16. The molecule has 2 aliphatic rings. The molecule has 2 amide bonds. The highest BCUT2D eigenvalue weighted by atomic mass is 16.5. The Labute approximate surface area is 123 Å². The summed E-state index contributed by atoms with van der Waals surface area (Å²) >= 11 is 0. The molecule has 2 bridgehead atoms. The summed E-state index contributed by atoms with van der Waals surface area (Å²) in [5.41, 5.74) is 5.71. The van der Waals surface area contributed by atoms with Gasteiger partial charge in [-0.05, 0) is 31.4 Å². The number of nitrogens with two attached hydrogens (primary N) is 1. The van der Waals surface area contributed by atoms with Gasteiger partial charge < -0.3 is 21.1 Å². The van der Waals surface area contributed by atoms with E-state index in [1.807, 2.05) is 0 Å². The molecule has 2 saturated heterocycles. The SMILES string of the molecule is NC(=O)COc1cccc(NC(=O)C2CC3CCC2N3)c1. The van der Waals surface area contributed by atoms with Crippen molar-refractivity contribution in [3.05, 3.63) is 24.3 Å². The predicted molar refractivity (Wildman–Crippen MR) is 77.8 cm³/mol. The van der Waals surface area contributed by atoms with Gasteiger partial charge in [0.2, 0.25) is 5.91 Å². The van der Waals surface area contributed by atoms with Gasteiger partial charge in [0.25, 0.3) is 5.91 Å². The van der Waals surface area contributed by atoms with Crippen molar-refractivity contribution in [1.29, 1.82) is 0 Å². The van der Waals surface area contributed by atoms with Crippen LogP contribution in [0.15, 0.2) is 24.3 Å². The maximum absolute atomic E-state index is 12.3. The standard InChI is InChI=1S/C15H19N3O3/c16-14(19)8-21-11-3-1-2-9(6-11)18-15(20)12-7-10-4-5-13(12)17-10/h1-3,6,10,12-13,17H,4-5,7-8H2,(H2,16,19)(H,18,20). The van der Waals surface area contributed by atoms with Crippen LogP contribution in [0.25, 0.3) is 0 Å². The number of fused-ring (bicyclic) bond motifs is 2. The van der Waals surface area contributed by atoms with E-state index in [1.54, 1.807) is 24.3 Å². The molecule has 2 fully saturated rings. The molecular weight excluding hydrogens is 270 g/mol. The van der Waals surface area contributed by atoms with Gasteiger partial charge in [-0.25, -0.2) is 0 Å². The molecule has 2 aliphatic heterocycles. The summed E-state index contributed by atoms with van der Waals surface area (Å²) in [6.45, 7) is -0.173. The molecule has 112 valence electrons. The van der Waals surface area contributed by atoms with Crippen LogP contribution in [-0.4, -0.2) is 30.5 Å². The van der Waals surface area contributed by atoms with E-state index >= 15 is 0 Å². The van der Waals surface area contributed by atoms with E-state index in [9.17, 15) is 9.59 Å². The molecule has 0 spiro atoms. The molecule has 0 aromatic heterocycles. The van der Waals surface area contributed by atoms with Crippen LogP contribution in [0.1, 0.15) is 19.3 Å². The Kier molecular flexibility index (Phi) is 3.79. The van der Waals surface area contributed by atoms with E-state index in [0.29, 0.717) is 23.5 Å². The Hall–Kier alpha value is -2.08. The Morgan fingerprint density at radius 3 is 2.90 bits per heavy atom. The average molecular weight is 289 g/mol. The fourth-order valence-electron chi connectivity index (χ4n) is 3.17. The third-order valence-electron chi connectivity index (χ3n) is 4.12. The van der Waals surface area contributed by atoms with Gasteiger partial charge in [-0.3, -0.25) is 9.59 Å². The Morgan fingerprint density at radius 2 is 2.24 bits per heavy atom. The highest BCUT2D eigenvalue weighted by Gasteiger charge is 2.42. The van der Waals surface area contributed by atoms with Gasteiger partial charge >= 0.3 is 0 Å². The zero-order valence-corrected chi connectivity index (χ0v) is 11.7. The number of anilines is 1. The van der Waals surface area contributed by atoms with Crippen LogP contribution in [0.5, 0.6) is 5.75 Å². The molecule has 1 aromatic rings. The number of carbonyl (C=O) groups is 2. The van der Waals surface area contributed by atoms with E-state index in [-0.39, 0.29) is 18.4 Å². The van der Waals surface area contributed by atoms with Crippen molar-refractivity contribution in [3.8, 4) is 5.75 Å². The summed E-state index contributed by atoms with van der Waals surface area (Å²) in [6, 6.07) is 7.79. The first-order valence-corrected chi connectivity index (χ1v) is 7.20. The minimum Gasteiger partial charge on any atom is -0.484 e. The molecule has 4 N–H and O–H groups in total. The molecule has 2 heterocycles. The fourth-order valence-corrected chi connectivity index (χ4v) is 3.17. The third-order valence-corrected chi connectivity index (χ3v) is 4.12. The molecule has 3 atom stereocenters. The number of primary amides is 1. The molecule has 6 nitrogen and oxygen atoms in total. The lowest BCUT2D eigenvalue weighted by molar-refractivity contribution is -0.121. The van der Waals surface area contributed by atoms with Crippen molar-refractivity contribution in [2.45, 2.75) is 31.3 Å². The third kappa shape index (κ3) is 3.16. The van der Waals surface area contributed by atoms with Gasteiger partial charge in [-0.2, -0.15) is 0 Å². The minimum atomic E-state index is -0.530. The van der Waals surface area contributed by atoms with Crippen LogP contribution in [0, 0.1) is 5.92 Å². The van der Waals surface area contributed by atoms with Crippen molar-refractivity contribution in [3.63, 3.8) is 0 Å². The van der Waals surface area contributed by atoms with E-state index in [4.69, 9.17) is 10.5 Å². The van der Waals surface area contributed by atoms with E-state index < -0.39 is 5.91 Å². The van der Waals surface area contributed by atoms with Crippen molar-refractivity contribution in [1.82, 2.24) is 5.32 Å². The Bertz CT molecular complexity index is 561. The Morgan fingerprint density at radius 1 is 1.38 bits per heavy atom. The largest absolute Gasteiger partial charge is 0.484 e. The number of ether oxygens (including phenoxy) is 1. The van der Waals surface area contributed by atoms with Crippen LogP contribution in [0.4, 0.5) is 5.69 Å². The molecular formula is C15H19N3O3. The zero-order chi connectivity index (χ0) is 14.8. The van der Waals surface area contributed by atoms with Crippen LogP contribution in [0.2, 0.25) is 0 Å². The van der Waals surface area contributed by atoms with Gasteiger partial charge in [-0.1, -0.05) is 6.07 Å². The van der Waals surface area contributed by atoms with Crippen molar-refractivity contribution < 1.29 is 14.3 Å². The topological polar surface area (TPSA) is 93.5 Å². The number of benzene rings is 1. The zero-order valence-electron chi connectivity index (χ0n) is 11.7. The molecule has 0 aliphatic carbocycles. The molecule has 0 radical (unpaired) electrons. The quantitative estimate of drug-likeness (QED) is 0.741. The van der Waals surface area contributed by atoms with Crippen molar-refractivity contribution >= 4 is 17.5 Å². The van der Waals surface area contributed by atoms with E-state index in [1.165, 1.54) is 6.42 Å². The van der Waals surface area contributed by atoms with Crippen LogP contribution < -0.4 is 21.1 Å². The first-order valence-electron chi connectivity index (χ1n) is 7.20. The lowest BCUT2D eigenvalue weighted by atomic mass is 9.88. The number of carbonyl (C=O) groups excluding carboxylic acids is 2. The molecule has 6 heteroatoms. The van der Waals surface area contributed by atoms with Crippen LogP contribution in [-0.2, 0) is 9.59 Å². The van der Waals surface area contributed by atoms with Crippen molar-refractivity contribution in [2.75, 3.05) is 11.9 Å². The molecule has 21 heavy (non-hydrogen) atoms. The maximum atomic E-state index is 12.3. The summed E-state index contributed by atoms with van der Waals surface area (Å²) in [4.78, 5) is 23.0. The molecule has 0 saturated carbocycles. The first kappa shape index (κ1) is 13.9. The number of rotatable bonds is 5. The van der Waals surface area contributed by atoms with Crippen molar-refractivity contribution in [2.24, 2.45) is 11.7 Å². The number of hydrogen-bond donors (Lipinski definition) is 3. The monoisotopic (exact) mass is 289 g/mol. The lowest BCUT2D eigenvalue weighted by Gasteiger charge is -2.19. The lowest BCUT2D eigenvalue weighted by Crippen LogP contribution is -2.32. The molecule has 1 aromatic carbocycles. The van der Waals surface area contributed by atoms with Crippen LogP contribution in [0.3, 0.4) is 0 Å². The number of hydrogen-bond acceptors (Lipinski definition) is 4. The fraction of sp³-hybridized carbons (Fsp3) is 0.467. The molecule has 3 rings (SSSR count). The van der Waals surface area contributed by atoms with Gasteiger partial charge in [0.05, 0.1) is 5.92 Å². The second-order valence-electron chi connectivity index (χ2n) is 5.66. The predicted octanol–water partition coefficient (Wildman–Crippen LogP) is 0.630. The van der Waals surface area contributed by atoms with Crippen LogP contribution >= 0.6 is 0 Å². The highest BCUT2D eigenvalue weighted by molar-refractivity contribution is 5.93. The van der Waals surface area contributed by atoms with E-state index in [2.05, 4.69) is 10.6 Å². The second kappa shape index (κ2) is 5.73. The van der Waals surface area contributed by atoms with Gasteiger partial charge in [0, 0.05) is 23.8 Å². The number of nitrogens with one attached hydrogen (secondary N) is 2. The summed E-state index contributed by atoms with van der Waals surface area (Å²) < 4.78 is 5.23. The minimum absolute atomic E-state index is 0.0407. The maximum Gasteiger partial charge on any atom is 0.255 e. The average Bonchev–Trinajstić information content (AvgIpc) is 3.08. The smallest absolute Gasteiger partial charge is 0.255 e.